The fourth-order valence-corrected chi connectivity index (χ4v) is 5.67. The first-order chi connectivity index (χ1) is 17.0. The van der Waals surface area contributed by atoms with E-state index in [9.17, 15) is 9.59 Å². The van der Waals surface area contributed by atoms with Crippen molar-refractivity contribution in [1.29, 1.82) is 0 Å². The van der Waals surface area contributed by atoms with Crippen molar-refractivity contribution in [3.63, 3.8) is 0 Å². The van der Waals surface area contributed by atoms with Crippen LogP contribution >= 0.6 is 11.3 Å². The van der Waals surface area contributed by atoms with Gasteiger partial charge in [-0.3, -0.25) is 14.5 Å². The van der Waals surface area contributed by atoms with Gasteiger partial charge in [-0.05, 0) is 54.4 Å². The molecule has 1 aliphatic heterocycles. The van der Waals surface area contributed by atoms with Gasteiger partial charge in [0.05, 0.1) is 41.4 Å². The number of hydrogen-bond acceptors (Lipinski definition) is 7. The molecule has 1 unspecified atom stereocenters. The second-order valence-corrected chi connectivity index (χ2v) is 9.34. The molecule has 2 aromatic heterocycles. The van der Waals surface area contributed by atoms with Crippen molar-refractivity contribution in [1.82, 2.24) is 4.98 Å². The van der Waals surface area contributed by atoms with Crippen LogP contribution in [-0.4, -0.2) is 25.1 Å². The number of carbonyl (C=O) groups is 1. The van der Waals surface area contributed by atoms with Gasteiger partial charge >= 0.3 is 0 Å². The lowest BCUT2D eigenvalue weighted by Crippen LogP contribution is -2.29. The van der Waals surface area contributed by atoms with Crippen LogP contribution in [0.15, 0.2) is 69.9 Å². The molecule has 174 valence electrons. The zero-order valence-electron chi connectivity index (χ0n) is 19.2. The molecule has 1 aliphatic rings. The summed E-state index contributed by atoms with van der Waals surface area (Å²) in [6, 6.07) is 17.5. The third kappa shape index (κ3) is 3.21. The number of amides is 1. The summed E-state index contributed by atoms with van der Waals surface area (Å²) in [5, 5.41) is 0.913. The number of benzene rings is 3. The highest BCUT2D eigenvalue weighted by atomic mass is 32.1. The van der Waals surface area contributed by atoms with Crippen LogP contribution < -0.4 is 19.8 Å². The summed E-state index contributed by atoms with van der Waals surface area (Å²) < 4.78 is 17.9. The van der Waals surface area contributed by atoms with Crippen molar-refractivity contribution < 1.29 is 18.7 Å². The second kappa shape index (κ2) is 7.95. The van der Waals surface area contributed by atoms with Crippen LogP contribution in [0.1, 0.15) is 33.3 Å². The molecule has 0 spiro atoms. The first-order valence-electron chi connectivity index (χ1n) is 11.0. The second-order valence-electron chi connectivity index (χ2n) is 8.33. The molecule has 8 heteroatoms. The highest BCUT2D eigenvalue weighted by molar-refractivity contribution is 7.22. The van der Waals surface area contributed by atoms with E-state index in [0.29, 0.717) is 33.2 Å². The number of carbonyl (C=O) groups excluding carboxylic acids is 1. The lowest BCUT2D eigenvalue weighted by molar-refractivity contribution is 0.0971. The van der Waals surface area contributed by atoms with E-state index in [-0.39, 0.29) is 16.8 Å². The molecule has 7 nitrogen and oxygen atoms in total. The number of rotatable bonds is 4. The molecule has 6 rings (SSSR count). The lowest BCUT2D eigenvalue weighted by Gasteiger charge is -2.23. The molecule has 0 saturated carbocycles. The van der Waals surface area contributed by atoms with Gasteiger partial charge in [-0.25, -0.2) is 4.98 Å². The molecule has 35 heavy (non-hydrogen) atoms. The van der Waals surface area contributed by atoms with Crippen LogP contribution in [0, 0.1) is 6.92 Å². The molecular weight excluding hydrogens is 464 g/mol. The first kappa shape index (κ1) is 21.4. The highest BCUT2D eigenvalue weighted by Crippen LogP contribution is 2.45. The number of anilines is 1. The van der Waals surface area contributed by atoms with Crippen LogP contribution in [0.5, 0.6) is 11.5 Å². The number of ether oxygens (including phenoxy) is 2. The predicted octanol–water partition coefficient (Wildman–Crippen LogP) is 5.48. The number of para-hydroxylation sites is 1. The largest absolute Gasteiger partial charge is 0.493 e. The van der Waals surface area contributed by atoms with Gasteiger partial charge in [0.2, 0.25) is 5.76 Å². The van der Waals surface area contributed by atoms with E-state index in [1.807, 2.05) is 31.2 Å². The van der Waals surface area contributed by atoms with Crippen molar-refractivity contribution in [2.45, 2.75) is 13.0 Å². The van der Waals surface area contributed by atoms with E-state index in [4.69, 9.17) is 18.9 Å². The number of thiazole rings is 1. The average molecular weight is 485 g/mol. The Kier molecular flexibility index (Phi) is 4.86. The van der Waals surface area contributed by atoms with Crippen LogP contribution in [0.4, 0.5) is 5.13 Å². The topological polar surface area (TPSA) is 81.9 Å². The Bertz CT molecular complexity index is 1700. The molecule has 1 amide bonds. The Morgan fingerprint density at radius 1 is 0.971 bits per heavy atom. The van der Waals surface area contributed by atoms with Gasteiger partial charge in [0.1, 0.15) is 5.58 Å². The maximum atomic E-state index is 13.8. The average Bonchev–Trinajstić information content (AvgIpc) is 3.42. The normalized spacial score (nSPS) is 15.1. The Balaban J connectivity index is 1.63. The Labute approximate surface area is 204 Å². The number of methoxy groups -OCH3 is 2. The van der Waals surface area contributed by atoms with Crippen molar-refractivity contribution in [3.05, 3.63) is 93.3 Å². The van der Waals surface area contributed by atoms with Gasteiger partial charge in [0.25, 0.3) is 5.91 Å². The minimum absolute atomic E-state index is 0.0314. The zero-order valence-corrected chi connectivity index (χ0v) is 20.0. The van der Waals surface area contributed by atoms with Gasteiger partial charge in [-0.15, -0.1) is 0 Å². The number of hydrogen-bond donors (Lipinski definition) is 0. The molecule has 1 atom stereocenters. The van der Waals surface area contributed by atoms with Crippen LogP contribution in [0.25, 0.3) is 21.2 Å². The summed E-state index contributed by atoms with van der Waals surface area (Å²) in [5.41, 5.74) is 2.99. The third-order valence-electron chi connectivity index (χ3n) is 6.24. The van der Waals surface area contributed by atoms with E-state index in [1.54, 1.807) is 55.5 Å². The molecule has 0 bridgehead atoms. The maximum Gasteiger partial charge on any atom is 0.297 e. The first-order valence-corrected chi connectivity index (χ1v) is 11.8. The van der Waals surface area contributed by atoms with Gasteiger partial charge in [0.15, 0.2) is 22.1 Å². The Morgan fingerprint density at radius 2 is 1.77 bits per heavy atom. The maximum absolute atomic E-state index is 13.8. The van der Waals surface area contributed by atoms with E-state index >= 15 is 0 Å². The number of nitrogens with zero attached hydrogens (tertiary/aromatic N) is 2. The zero-order chi connectivity index (χ0) is 24.3. The number of aryl methyl sites for hydroxylation is 1. The monoisotopic (exact) mass is 484 g/mol. The van der Waals surface area contributed by atoms with Crippen molar-refractivity contribution in [3.8, 4) is 11.5 Å². The number of aromatic nitrogens is 1. The summed E-state index contributed by atoms with van der Waals surface area (Å²) in [6.07, 6.45) is 0. The molecule has 0 radical (unpaired) electrons. The van der Waals surface area contributed by atoms with Crippen molar-refractivity contribution in [2.75, 3.05) is 19.1 Å². The fourth-order valence-electron chi connectivity index (χ4n) is 4.58. The highest BCUT2D eigenvalue weighted by Gasteiger charge is 2.45. The smallest absolute Gasteiger partial charge is 0.297 e. The van der Waals surface area contributed by atoms with E-state index in [0.717, 1.165) is 15.8 Å². The van der Waals surface area contributed by atoms with Crippen molar-refractivity contribution in [2.24, 2.45) is 0 Å². The van der Waals surface area contributed by atoms with Gasteiger partial charge in [0, 0.05) is 0 Å². The third-order valence-corrected chi connectivity index (χ3v) is 7.26. The molecule has 5 aromatic rings. The SMILES string of the molecule is COc1ccc(C2c3c(oc4ccccc4c3=O)C(=O)N2c2nc3ccc(C)cc3s2)cc1OC. The Morgan fingerprint density at radius 3 is 2.57 bits per heavy atom. The molecule has 0 N–H and O–H groups in total. The fraction of sp³-hybridized carbons (Fsp3) is 0.148. The van der Waals surface area contributed by atoms with Gasteiger partial charge < -0.3 is 13.9 Å². The lowest BCUT2D eigenvalue weighted by atomic mass is 9.98. The summed E-state index contributed by atoms with van der Waals surface area (Å²) in [7, 11) is 3.10. The molecular formula is C27H20N2O5S. The van der Waals surface area contributed by atoms with Gasteiger partial charge in [-0.1, -0.05) is 35.6 Å². The van der Waals surface area contributed by atoms with Crippen LogP contribution in [0.3, 0.4) is 0 Å². The molecule has 0 aliphatic carbocycles. The molecule has 3 heterocycles. The quantitative estimate of drug-likeness (QED) is 0.336. The van der Waals surface area contributed by atoms with Gasteiger partial charge in [-0.2, -0.15) is 0 Å². The van der Waals surface area contributed by atoms with E-state index in [1.165, 1.54) is 11.3 Å². The van der Waals surface area contributed by atoms with Crippen LogP contribution in [0.2, 0.25) is 0 Å². The summed E-state index contributed by atoms with van der Waals surface area (Å²) in [5.74, 6) is 0.673. The molecule has 0 fully saturated rings. The molecule has 0 saturated heterocycles. The number of fused-ring (bicyclic) bond motifs is 3. The Hall–Kier alpha value is -4.17. The minimum atomic E-state index is -0.736. The summed E-state index contributed by atoms with van der Waals surface area (Å²) in [6.45, 7) is 2.01. The molecule has 3 aromatic carbocycles. The summed E-state index contributed by atoms with van der Waals surface area (Å²) >= 11 is 1.40. The van der Waals surface area contributed by atoms with Crippen molar-refractivity contribution >= 4 is 43.6 Å². The summed E-state index contributed by atoms with van der Waals surface area (Å²) in [4.78, 5) is 33.8. The van der Waals surface area contributed by atoms with E-state index in [2.05, 4.69) is 0 Å². The van der Waals surface area contributed by atoms with Crippen LogP contribution in [-0.2, 0) is 0 Å². The standard InChI is InChI=1S/C27H20N2O5S/c1-14-8-10-17-21(12-14)35-27(28-17)29-23(15-9-11-19(32-2)20(13-15)33-3)22-24(30)16-6-4-5-7-18(16)34-25(22)26(29)31/h4-13,23H,1-3H3. The minimum Gasteiger partial charge on any atom is -0.493 e. The predicted molar refractivity (Wildman–Crippen MR) is 135 cm³/mol. The van der Waals surface area contributed by atoms with E-state index < -0.39 is 11.9 Å².